The van der Waals surface area contributed by atoms with E-state index in [0.717, 1.165) is 6.42 Å². The van der Waals surface area contributed by atoms with Crippen molar-refractivity contribution < 1.29 is 4.74 Å². The van der Waals surface area contributed by atoms with E-state index in [2.05, 4.69) is 16.9 Å². The predicted molar refractivity (Wildman–Crippen MR) is 88.2 cm³/mol. The fraction of sp³-hybridized carbons (Fsp3) is 0.750. The summed E-state index contributed by atoms with van der Waals surface area (Å²) in [5, 5.41) is 0. The quantitative estimate of drug-likeness (QED) is 0.570. The van der Waals surface area contributed by atoms with Crippen LogP contribution in [-0.2, 0) is 0 Å². The second-order valence-electron chi connectivity index (χ2n) is 5.52. The lowest BCUT2D eigenvalue weighted by Crippen LogP contribution is -2.04. The molecule has 21 heavy (non-hydrogen) atoms. The highest BCUT2D eigenvalue weighted by Crippen LogP contribution is 2.13. The van der Waals surface area contributed by atoms with Gasteiger partial charge in [-0.05, 0) is 6.42 Å². The minimum Gasteiger partial charge on any atom is -0.477 e. The van der Waals surface area contributed by atoms with E-state index < -0.39 is 0 Å². The van der Waals surface area contributed by atoms with Crippen molar-refractivity contribution >= 4 is 11.8 Å². The average molecular weight is 294 g/mol. The number of anilines is 2. The van der Waals surface area contributed by atoms with E-state index >= 15 is 0 Å². The lowest BCUT2D eigenvalue weighted by Gasteiger charge is -2.06. The molecule has 1 heterocycles. The Balaban J connectivity index is 1.93. The molecule has 0 radical (unpaired) electrons. The molecule has 1 aromatic heterocycles. The molecule has 0 bridgehead atoms. The summed E-state index contributed by atoms with van der Waals surface area (Å²) in [5.74, 6) is 0.976. The SMILES string of the molecule is CCCCCCCCCCCCOc1cc(N)nc(N)n1. The molecule has 0 unspecified atom stereocenters. The topological polar surface area (TPSA) is 87.0 Å². The number of nitrogen functional groups attached to an aromatic ring is 2. The third-order valence-electron chi connectivity index (χ3n) is 3.49. The van der Waals surface area contributed by atoms with Crippen LogP contribution in [-0.4, -0.2) is 16.6 Å². The number of unbranched alkanes of at least 4 members (excludes halogenated alkanes) is 9. The number of ether oxygens (including phenoxy) is 1. The van der Waals surface area contributed by atoms with Gasteiger partial charge in [0, 0.05) is 6.07 Å². The van der Waals surface area contributed by atoms with Gasteiger partial charge in [0.15, 0.2) is 0 Å². The van der Waals surface area contributed by atoms with Crippen LogP contribution >= 0.6 is 0 Å². The molecule has 0 saturated carbocycles. The summed E-state index contributed by atoms with van der Waals surface area (Å²) >= 11 is 0. The van der Waals surface area contributed by atoms with Gasteiger partial charge in [-0.3, -0.25) is 0 Å². The minimum absolute atomic E-state index is 0.160. The van der Waals surface area contributed by atoms with Crippen LogP contribution in [0.4, 0.5) is 11.8 Å². The number of rotatable bonds is 12. The van der Waals surface area contributed by atoms with Gasteiger partial charge < -0.3 is 16.2 Å². The highest BCUT2D eigenvalue weighted by Gasteiger charge is 2.00. The molecule has 0 fully saturated rings. The maximum Gasteiger partial charge on any atom is 0.225 e. The van der Waals surface area contributed by atoms with E-state index in [1.54, 1.807) is 6.07 Å². The Labute approximate surface area is 128 Å². The summed E-state index contributed by atoms with van der Waals surface area (Å²) in [7, 11) is 0. The highest BCUT2D eigenvalue weighted by molar-refractivity contribution is 5.38. The van der Waals surface area contributed by atoms with Gasteiger partial charge in [0.05, 0.1) is 6.61 Å². The second kappa shape index (κ2) is 11.2. The standard InChI is InChI=1S/C16H30N4O/c1-2-3-4-5-6-7-8-9-10-11-12-21-15-13-14(17)19-16(18)20-15/h13H,2-12H2,1H3,(H4,17,18,19,20). The monoisotopic (exact) mass is 294 g/mol. The Kier molecular flexibility index (Phi) is 9.33. The zero-order chi connectivity index (χ0) is 15.3. The first-order valence-corrected chi connectivity index (χ1v) is 8.25. The van der Waals surface area contributed by atoms with Crippen LogP contribution in [0.1, 0.15) is 71.1 Å². The molecule has 4 N–H and O–H groups in total. The molecule has 0 aromatic carbocycles. The van der Waals surface area contributed by atoms with Crippen molar-refractivity contribution in [2.45, 2.75) is 71.1 Å². The Morgan fingerprint density at radius 3 is 2.00 bits per heavy atom. The molecule has 0 spiro atoms. The molecule has 0 aliphatic rings. The number of nitrogens with zero attached hydrogens (tertiary/aromatic N) is 2. The lowest BCUT2D eigenvalue weighted by molar-refractivity contribution is 0.293. The molecular weight excluding hydrogens is 264 g/mol. The van der Waals surface area contributed by atoms with Gasteiger partial charge in [-0.1, -0.05) is 64.7 Å². The molecule has 0 aliphatic heterocycles. The molecule has 1 aromatic rings. The summed E-state index contributed by atoms with van der Waals surface area (Å²) in [6.45, 7) is 2.92. The van der Waals surface area contributed by atoms with Crippen LogP contribution < -0.4 is 16.2 Å². The number of aromatic nitrogens is 2. The maximum absolute atomic E-state index is 5.58. The summed E-state index contributed by atoms with van der Waals surface area (Å²) in [5.41, 5.74) is 11.1. The van der Waals surface area contributed by atoms with Crippen molar-refractivity contribution in [2.75, 3.05) is 18.1 Å². The molecular formula is C16H30N4O. The maximum atomic E-state index is 5.58. The Bertz CT molecular complexity index is 364. The molecule has 0 amide bonds. The Morgan fingerprint density at radius 1 is 0.857 bits per heavy atom. The van der Waals surface area contributed by atoms with E-state index in [4.69, 9.17) is 16.2 Å². The summed E-state index contributed by atoms with van der Waals surface area (Å²) in [4.78, 5) is 7.78. The van der Waals surface area contributed by atoms with Crippen molar-refractivity contribution in [3.05, 3.63) is 6.07 Å². The van der Waals surface area contributed by atoms with Gasteiger partial charge in [-0.2, -0.15) is 9.97 Å². The smallest absolute Gasteiger partial charge is 0.225 e. The molecule has 0 aliphatic carbocycles. The van der Waals surface area contributed by atoms with Crippen molar-refractivity contribution in [3.63, 3.8) is 0 Å². The van der Waals surface area contributed by atoms with Crippen molar-refractivity contribution in [1.82, 2.24) is 9.97 Å². The zero-order valence-corrected chi connectivity index (χ0v) is 13.3. The fourth-order valence-corrected chi connectivity index (χ4v) is 2.30. The summed E-state index contributed by atoms with van der Waals surface area (Å²) in [6, 6.07) is 1.60. The summed E-state index contributed by atoms with van der Waals surface area (Å²) in [6.07, 6.45) is 13.1. The molecule has 5 heteroatoms. The minimum atomic E-state index is 0.160. The van der Waals surface area contributed by atoms with E-state index in [0.29, 0.717) is 18.3 Å². The molecule has 5 nitrogen and oxygen atoms in total. The van der Waals surface area contributed by atoms with Crippen LogP contribution in [0, 0.1) is 0 Å². The van der Waals surface area contributed by atoms with Gasteiger partial charge in [-0.15, -0.1) is 0 Å². The van der Waals surface area contributed by atoms with Gasteiger partial charge in [0.1, 0.15) is 5.82 Å². The van der Waals surface area contributed by atoms with Crippen molar-refractivity contribution in [1.29, 1.82) is 0 Å². The Hall–Kier alpha value is -1.52. The van der Waals surface area contributed by atoms with Crippen LogP contribution in [0.5, 0.6) is 5.88 Å². The molecule has 0 atom stereocenters. The molecule has 0 saturated heterocycles. The second-order valence-corrected chi connectivity index (χ2v) is 5.52. The third kappa shape index (κ3) is 9.10. The lowest BCUT2D eigenvalue weighted by atomic mass is 10.1. The highest BCUT2D eigenvalue weighted by atomic mass is 16.5. The third-order valence-corrected chi connectivity index (χ3v) is 3.49. The van der Waals surface area contributed by atoms with Crippen LogP contribution in [0.2, 0.25) is 0 Å². The predicted octanol–water partition coefficient (Wildman–Crippen LogP) is 3.94. The average Bonchev–Trinajstić information content (AvgIpc) is 2.44. The van der Waals surface area contributed by atoms with Crippen LogP contribution in [0.25, 0.3) is 0 Å². The largest absolute Gasteiger partial charge is 0.477 e. The van der Waals surface area contributed by atoms with Crippen molar-refractivity contribution in [3.8, 4) is 5.88 Å². The van der Waals surface area contributed by atoms with E-state index in [1.165, 1.54) is 57.8 Å². The van der Waals surface area contributed by atoms with E-state index in [9.17, 15) is 0 Å². The fourth-order valence-electron chi connectivity index (χ4n) is 2.30. The van der Waals surface area contributed by atoms with Gasteiger partial charge in [0.2, 0.25) is 11.8 Å². The van der Waals surface area contributed by atoms with E-state index in [-0.39, 0.29) is 5.95 Å². The number of hydrogen-bond donors (Lipinski definition) is 2. The number of nitrogens with two attached hydrogens (primary N) is 2. The van der Waals surface area contributed by atoms with Crippen LogP contribution in [0.3, 0.4) is 0 Å². The molecule has 120 valence electrons. The zero-order valence-electron chi connectivity index (χ0n) is 13.3. The van der Waals surface area contributed by atoms with Gasteiger partial charge >= 0.3 is 0 Å². The first-order valence-electron chi connectivity index (χ1n) is 8.25. The van der Waals surface area contributed by atoms with Gasteiger partial charge in [0.25, 0.3) is 0 Å². The number of hydrogen-bond acceptors (Lipinski definition) is 5. The van der Waals surface area contributed by atoms with E-state index in [1.807, 2.05) is 0 Å². The first-order chi connectivity index (χ1) is 10.2. The first kappa shape index (κ1) is 17.5. The van der Waals surface area contributed by atoms with Crippen LogP contribution in [0.15, 0.2) is 6.07 Å². The van der Waals surface area contributed by atoms with Gasteiger partial charge in [-0.25, -0.2) is 0 Å². The molecule has 1 rings (SSSR count). The normalized spacial score (nSPS) is 10.7. The summed E-state index contributed by atoms with van der Waals surface area (Å²) < 4.78 is 5.53. The van der Waals surface area contributed by atoms with Crippen molar-refractivity contribution in [2.24, 2.45) is 0 Å². The Morgan fingerprint density at radius 2 is 1.43 bits per heavy atom.